The minimum atomic E-state index is -0.693. The van der Waals surface area contributed by atoms with E-state index in [0.717, 1.165) is 27.5 Å². The molecule has 0 saturated heterocycles. The van der Waals surface area contributed by atoms with Crippen molar-refractivity contribution in [3.8, 4) is 0 Å². The van der Waals surface area contributed by atoms with Crippen molar-refractivity contribution in [1.29, 1.82) is 0 Å². The molecule has 3 aromatic heterocycles. The van der Waals surface area contributed by atoms with Crippen LogP contribution in [0.5, 0.6) is 0 Å². The lowest BCUT2D eigenvalue weighted by Crippen LogP contribution is -2.28. The fourth-order valence-electron chi connectivity index (χ4n) is 3.05. The first kappa shape index (κ1) is 11.4. The summed E-state index contributed by atoms with van der Waals surface area (Å²) in [7, 11) is 0. The number of aromatic amines is 1. The molecule has 20 heavy (non-hydrogen) atoms. The molecule has 2 N–H and O–H groups in total. The Morgan fingerprint density at radius 2 is 2.10 bits per heavy atom. The SMILES string of the molecule is O=C(O)C1CC(c2cnc3ncc4[nH]cccc4c23)C1. The number of H-pyrrole nitrogens is 1. The predicted molar refractivity (Wildman–Crippen MR) is 74.5 cm³/mol. The molecule has 0 spiro atoms. The van der Waals surface area contributed by atoms with E-state index in [1.165, 1.54) is 0 Å². The number of fused-ring (bicyclic) bond motifs is 3. The molecule has 3 heterocycles. The van der Waals surface area contributed by atoms with Crippen molar-refractivity contribution in [3.63, 3.8) is 0 Å². The summed E-state index contributed by atoms with van der Waals surface area (Å²) >= 11 is 0. The van der Waals surface area contributed by atoms with Gasteiger partial charge in [-0.15, -0.1) is 0 Å². The third-order valence-electron chi connectivity index (χ3n) is 4.24. The first-order valence-electron chi connectivity index (χ1n) is 6.67. The summed E-state index contributed by atoms with van der Waals surface area (Å²) in [6.07, 6.45) is 6.91. The maximum atomic E-state index is 10.9. The second-order valence-electron chi connectivity index (χ2n) is 5.37. The van der Waals surface area contributed by atoms with Gasteiger partial charge >= 0.3 is 5.97 Å². The van der Waals surface area contributed by atoms with Crippen LogP contribution in [0.1, 0.15) is 24.3 Å². The molecule has 0 bridgehead atoms. The Hall–Kier alpha value is -2.43. The van der Waals surface area contributed by atoms with E-state index in [-0.39, 0.29) is 11.8 Å². The molecule has 1 aliphatic rings. The molecular formula is C15H13N3O2. The van der Waals surface area contributed by atoms with Crippen LogP contribution in [-0.2, 0) is 4.79 Å². The number of nitrogens with one attached hydrogen (secondary N) is 1. The molecule has 0 amide bonds. The van der Waals surface area contributed by atoms with Crippen LogP contribution < -0.4 is 0 Å². The Kier molecular flexibility index (Phi) is 2.30. The van der Waals surface area contributed by atoms with Crippen LogP contribution in [-0.4, -0.2) is 26.0 Å². The Morgan fingerprint density at radius 1 is 1.30 bits per heavy atom. The molecule has 1 saturated carbocycles. The average molecular weight is 267 g/mol. The minimum Gasteiger partial charge on any atom is -0.481 e. The number of hydrogen-bond donors (Lipinski definition) is 2. The lowest BCUT2D eigenvalue weighted by atomic mass is 9.71. The molecule has 1 aliphatic carbocycles. The summed E-state index contributed by atoms with van der Waals surface area (Å²) in [4.78, 5) is 22.9. The maximum Gasteiger partial charge on any atom is 0.306 e. The van der Waals surface area contributed by atoms with E-state index in [0.29, 0.717) is 12.8 Å². The Bertz CT molecular complexity index is 818. The van der Waals surface area contributed by atoms with Crippen LogP contribution in [0.15, 0.2) is 30.7 Å². The Labute approximate surface area is 114 Å². The van der Waals surface area contributed by atoms with Gasteiger partial charge in [-0.2, -0.15) is 0 Å². The van der Waals surface area contributed by atoms with Gasteiger partial charge in [-0.3, -0.25) is 4.79 Å². The van der Waals surface area contributed by atoms with Crippen molar-refractivity contribution in [2.75, 3.05) is 0 Å². The molecule has 0 unspecified atom stereocenters. The number of hydrogen-bond acceptors (Lipinski definition) is 3. The van der Waals surface area contributed by atoms with E-state index in [1.54, 1.807) is 6.20 Å². The normalized spacial score (nSPS) is 22.0. The van der Waals surface area contributed by atoms with Crippen LogP contribution in [0.25, 0.3) is 21.9 Å². The summed E-state index contributed by atoms with van der Waals surface area (Å²) in [5.41, 5.74) is 2.85. The molecule has 4 rings (SSSR count). The third kappa shape index (κ3) is 1.52. The van der Waals surface area contributed by atoms with Crippen molar-refractivity contribution in [2.45, 2.75) is 18.8 Å². The zero-order chi connectivity index (χ0) is 13.7. The fraction of sp³-hybridized carbons (Fsp3) is 0.267. The van der Waals surface area contributed by atoms with Crippen LogP contribution in [0.4, 0.5) is 0 Å². The molecule has 0 atom stereocenters. The molecular weight excluding hydrogens is 254 g/mol. The van der Waals surface area contributed by atoms with Gasteiger partial charge in [0.15, 0.2) is 5.65 Å². The number of pyridine rings is 2. The van der Waals surface area contributed by atoms with Crippen molar-refractivity contribution < 1.29 is 9.90 Å². The van der Waals surface area contributed by atoms with E-state index in [4.69, 9.17) is 5.11 Å². The molecule has 0 aliphatic heterocycles. The minimum absolute atomic E-state index is 0.209. The Morgan fingerprint density at radius 3 is 2.90 bits per heavy atom. The summed E-state index contributed by atoms with van der Waals surface area (Å²) in [5.74, 6) is -0.616. The van der Waals surface area contributed by atoms with Gasteiger partial charge in [-0.25, -0.2) is 9.97 Å². The molecule has 5 nitrogen and oxygen atoms in total. The highest BCUT2D eigenvalue weighted by Gasteiger charge is 2.36. The monoisotopic (exact) mass is 267 g/mol. The van der Waals surface area contributed by atoms with Crippen molar-refractivity contribution in [1.82, 2.24) is 15.0 Å². The smallest absolute Gasteiger partial charge is 0.306 e. The largest absolute Gasteiger partial charge is 0.481 e. The number of aliphatic carboxylic acids is 1. The molecule has 0 aromatic carbocycles. The van der Waals surface area contributed by atoms with Crippen LogP contribution >= 0.6 is 0 Å². The summed E-state index contributed by atoms with van der Waals surface area (Å²) in [6.45, 7) is 0. The van der Waals surface area contributed by atoms with Gasteiger partial charge < -0.3 is 10.1 Å². The predicted octanol–water partition coefficient (Wildman–Crippen LogP) is 2.69. The highest BCUT2D eigenvalue weighted by Crippen LogP contribution is 2.44. The summed E-state index contributed by atoms with van der Waals surface area (Å²) in [6, 6.07) is 4.01. The fourth-order valence-corrected chi connectivity index (χ4v) is 3.05. The lowest BCUT2D eigenvalue weighted by Gasteiger charge is -2.32. The van der Waals surface area contributed by atoms with Crippen LogP contribution in [0, 0.1) is 5.92 Å². The number of aromatic nitrogens is 3. The molecule has 5 heteroatoms. The number of carbonyl (C=O) groups is 1. The highest BCUT2D eigenvalue weighted by atomic mass is 16.4. The van der Waals surface area contributed by atoms with Gasteiger partial charge in [0, 0.05) is 23.2 Å². The zero-order valence-electron chi connectivity index (χ0n) is 10.7. The number of carboxylic acid groups (broad SMARTS) is 1. The molecule has 100 valence electrons. The molecule has 0 radical (unpaired) electrons. The van der Waals surface area contributed by atoms with Crippen molar-refractivity contribution in [3.05, 3.63) is 36.3 Å². The van der Waals surface area contributed by atoms with Gasteiger partial charge in [0.2, 0.25) is 0 Å². The van der Waals surface area contributed by atoms with E-state index in [2.05, 4.69) is 15.0 Å². The first-order chi connectivity index (χ1) is 9.74. The molecule has 1 fully saturated rings. The van der Waals surface area contributed by atoms with Gasteiger partial charge in [-0.1, -0.05) is 6.07 Å². The van der Waals surface area contributed by atoms with E-state index < -0.39 is 5.97 Å². The van der Waals surface area contributed by atoms with Crippen molar-refractivity contribution >= 4 is 27.9 Å². The third-order valence-corrected chi connectivity index (χ3v) is 4.24. The average Bonchev–Trinajstić information content (AvgIpc) is 2.81. The first-order valence-corrected chi connectivity index (χ1v) is 6.67. The highest BCUT2D eigenvalue weighted by molar-refractivity contribution is 6.05. The zero-order valence-corrected chi connectivity index (χ0v) is 10.7. The van der Waals surface area contributed by atoms with Gasteiger partial charge in [0.25, 0.3) is 0 Å². The van der Waals surface area contributed by atoms with Gasteiger partial charge in [0.05, 0.1) is 17.6 Å². The van der Waals surface area contributed by atoms with Gasteiger partial charge in [-0.05, 0) is 30.4 Å². The molecule has 3 aromatic rings. The quantitative estimate of drug-likeness (QED) is 0.748. The van der Waals surface area contributed by atoms with E-state index >= 15 is 0 Å². The van der Waals surface area contributed by atoms with Crippen LogP contribution in [0.2, 0.25) is 0 Å². The van der Waals surface area contributed by atoms with Crippen LogP contribution in [0.3, 0.4) is 0 Å². The lowest BCUT2D eigenvalue weighted by molar-refractivity contribution is -0.145. The van der Waals surface area contributed by atoms with Gasteiger partial charge in [0.1, 0.15) is 0 Å². The maximum absolute atomic E-state index is 10.9. The number of rotatable bonds is 2. The number of carboxylic acids is 1. The second kappa shape index (κ2) is 4.03. The van der Waals surface area contributed by atoms with Crippen molar-refractivity contribution in [2.24, 2.45) is 5.92 Å². The summed E-state index contributed by atoms with van der Waals surface area (Å²) < 4.78 is 0. The Balaban J connectivity index is 1.85. The summed E-state index contributed by atoms with van der Waals surface area (Å²) in [5, 5.41) is 11.2. The van der Waals surface area contributed by atoms with E-state index in [9.17, 15) is 4.79 Å². The standard InChI is InChI=1S/C15H13N3O2/c19-15(20)9-4-8(5-9)11-6-17-14-13(11)10-2-1-3-16-12(10)7-18-14/h1-3,6-9,16H,4-5H2,(H,19,20). The topological polar surface area (TPSA) is 78.9 Å². The number of nitrogens with zero attached hydrogens (tertiary/aromatic N) is 2. The van der Waals surface area contributed by atoms with E-state index in [1.807, 2.05) is 24.5 Å². The second-order valence-corrected chi connectivity index (χ2v) is 5.37.